The summed E-state index contributed by atoms with van der Waals surface area (Å²) in [6.07, 6.45) is 4.66. The number of hydrogen-bond donors (Lipinski definition) is 0. The van der Waals surface area contributed by atoms with Crippen molar-refractivity contribution in [3.8, 4) is 0 Å². The van der Waals surface area contributed by atoms with Gasteiger partial charge in [-0.1, -0.05) is 13.3 Å². The lowest BCUT2D eigenvalue weighted by Gasteiger charge is -2.24. The molecule has 1 aliphatic heterocycles. The van der Waals surface area contributed by atoms with Crippen LogP contribution < -0.4 is 0 Å². The molecule has 8 nitrogen and oxygen atoms in total. The second kappa shape index (κ2) is 7.16. The Bertz CT molecular complexity index is 631. The van der Waals surface area contributed by atoms with Crippen molar-refractivity contribution in [2.24, 2.45) is 0 Å². The molecular weight excluding hydrogens is 292 g/mol. The number of nitrogens with zero attached hydrogens (tertiary/aromatic N) is 8. The number of rotatable bonds is 7. The van der Waals surface area contributed by atoms with Gasteiger partial charge in [-0.3, -0.25) is 4.90 Å². The van der Waals surface area contributed by atoms with Crippen LogP contribution in [-0.4, -0.2) is 52.5 Å². The van der Waals surface area contributed by atoms with Crippen molar-refractivity contribution >= 4 is 0 Å². The predicted molar refractivity (Wildman–Crippen MR) is 85.7 cm³/mol. The van der Waals surface area contributed by atoms with Gasteiger partial charge in [-0.05, 0) is 50.1 Å². The monoisotopic (exact) mass is 318 g/mol. The van der Waals surface area contributed by atoms with Gasteiger partial charge in [0.25, 0.3) is 0 Å². The summed E-state index contributed by atoms with van der Waals surface area (Å²) in [4.78, 5) is 6.88. The molecule has 3 heterocycles. The summed E-state index contributed by atoms with van der Waals surface area (Å²) in [7, 11) is 0. The molecule has 2 aromatic heterocycles. The minimum absolute atomic E-state index is 0.478. The first-order chi connectivity index (χ1) is 11.2. The lowest BCUT2D eigenvalue weighted by molar-refractivity contribution is 0.209. The Hall–Kier alpha value is -1.83. The summed E-state index contributed by atoms with van der Waals surface area (Å²) < 4.78 is 3.97. The molecule has 1 atom stereocenters. The second-order valence-electron chi connectivity index (χ2n) is 6.33. The summed E-state index contributed by atoms with van der Waals surface area (Å²) in [6.45, 7) is 9.85. The minimum atomic E-state index is 0.478. The maximum Gasteiger partial charge on any atom is 0.165 e. The Labute approximate surface area is 136 Å². The molecule has 0 aromatic carbocycles. The fraction of sp³-hybridized carbons (Fsp3) is 0.800. The molecule has 1 saturated heterocycles. The van der Waals surface area contributed by atoms with Crippen LogP contribution in [0.4, 0.5) is 0 Å². The lowest BCUT2D eigenvalue weighted by Crippen LogP contribution is -2.34. The Balaban J connectivity index is 1.65. The van der Waals surface area contributed by atoms with Crippen molar-refractivity contribution in [1.29, 1.82) is 0 Å². The van der Waals surface area contributed by atoms with E-state index in [1.165, 1.54) is 12.8 Å². The van der Waals surface area contributed by atoms with Gasteiger partial charge in [-0.15, -0.1) is 5.10 Å². The zero-order valence-corrected chi connectivity index (χ0v) is 14.3. The number of aryl methyl sites for hydroxylation is 3. The van der Waals surface area contributed by atoms with Crippen LogP contribution >= 0.6 is 0 Å². The Morgan fingerprint density at radius 3 is 2.83 bits per heavy atom. The molecule has 0 unspecified atom stereocenters. The van der Waals surface area contributed by atoms with Crippen molar-refractivity contribution in [2.75, 3.05) is 6.54 Å². The van der Waals surface area contributed by atoms with E-state index in [1.807, 2.05) is 23.2 Å². The van der Waals surface area contributed by atoms with Crippen molar-refractivity contribution in [2.45, 2.75) is 72.1 Å². The van der Waals surface area contributed by atoms with Crippen LogP contribution in [0.15, 0.2) is 0 Å². The van der Waals surface area contributed by atoms with E-state index in [9.17, 15) is 0 Å². The van der Waals surface area contributed by atoms with Crippen LogP contribution in [0.5, 0.6) is 0 Å². The first kappa shape index (κ1) is 16.0. The topological polar surface area (TPSA) is 77.5 Å². The quantitative estimate of drug-likeness (QED) is 0.767. The molecule has 23 heavy (non-hydrogen) atoms. The van der Waals surface area contributed by atoms with Gasteiger partial charge in [0.15, 0.2) is 5.82 Å². The fourth-order valence-corrected chi connectivity index (χ4v) is 3.24. The van der Waals surface area contributed by atoms with Crippen molar-refractivity contribution in [3.63, 3.8) is 0 Å². The molecular formula is C15H26N8. The summed E-state index contributed by atoms with van der Waals surface area (Å²) in [6, 6.07) is 0.478. The van der Waals surface area contributed by atoms with Crippen LogP contribution in [0.2, 0.25) is 0 Å². The Morgan fingerprint density at radius 2 is 2.09 bits per heavy atom. The van der Waals surface area contributed by atoms with Crippen molar-refractivity contribution in [3.05, 3.63) is 17.5 Å². The normalized spacial score (nSPS) is 18.8. The fourth-order valence-electron chi connectivity index (χ4n) is 3.24. The molecule has 0 N–H and O–H groups in total. The van der Waals surface area contributed by atoms with E-state index >= 15 is 0 Å². The largest absolute Gasteiger partial charge is 0.291 e. The number of tetrazole rings is 1. The van der Waals surface area contributed by atoms with E-state index in [4.69, 9.17) is 0 Å². The first-order valence-corrected chi connectivity index (χ1v) is 8.54. The molecule has 1 fully saturated rings. The predicted octanol–water partition coefficient (Wildman–Crippen LogP) is 1.35. The second-order valence-corrected chi connectivity index (χ2v) is 6.33. The molecule has 1 aliphatic rings. The standard InChI is InChI=1S/C15H26N8/c1-4-5-9-22-15(17-19-20-22)11-21-8-6-7-14(21)10-23-13(3)16-12(2)18-23/h14H,4-11H2,1-3H3/t14-/m1/s1. The SMILES string of the molecule is CCCCn1nnnc1CN1CCC[C@@H]1Cn1nc(C)nc1C. The zero-order chi connectivity index (χ0) is 16.2. The Morgan fingerprint density at radius 1 is 1.22 bits per heavy atom. The molecule has 3 rings (SSSR count). The van der Waals surface area contributed by atoms with E-state index in [-0.39, 0.29) is 0 Å². The van der Waals surface area contributed by atoms with Gasteiger partial charge in [0, 0.05) is 12.6 Å². The lowest BCUT2D eigenvalue weighted by atomic mass is 10.2. The average Bonchev–Trinajstić information content (AvgIpc) is 3.21. The van der Waals surface area contributed by atoms with Crippen molar-refractivity contribution < 1.29 is 0 Å². The van der Waals surface area contributed by atoms with E-state index < -0.39 is 0 Å². The van der Waals surface area contributed by atoms with Crippen LogP contribution in [0.1, 0.15) is 50.1 Å². The highest BCUT2D eigenvalue weighted by Gasteiger charge is 2.27. The third-order valence-electron chi connectivity index (χ3n) is 4.52. The highest BCUT2D eigenvalue weighted by Crippen LogP contribution is 2.21. The molecule has 8 heteroatoms. The van der Waals surface area contributed by atoms with Crippen LogP contribution in [0.3, 0.4) is 0 Å². The molecule has 126 valence electrons. The zero-order valence-electron chi connectivity index (χ0n) is 14.3. The van der Waals surface area contributed by atoms with Gasteiger partial charge in [0.1, 0.15) is 11.6 Å². The third kappa shape index (κ3) is 3.74. The summed E-state index contributed by atoms with van der Waals surface area (Å²) in [5.41, 5.74) is 0. The molecule has 0 amide bonds. The van der Waals surface area contributed by atoms with Crippen LogP contribution in [-0.2, 0) is 19.6 Å². The maximum atomic E-state index is 4.50. The molecule has 0 spiro atoms. The van der Waals surface area contributed by atoms with Crippen molar-refractivity contribution in [1.82, 2.24) is 39.9 Å². The first-order valence-electron chi connectivity index (χ1n) is 8.54. The number of likely N-dealkylation sites (tertiary alicyclic amines) is 1. The summed E-state index contributed by atoms with van der Waals surface area (Å²) in [5.74, 6) is 2.80. The average molecular weight is 318 g/mol. The number of hydrogen-bond acceptors (Lipinski definition) is 6. The van der Waals surface area contributed by atoms with Gasteiger partial charge < -0.3 is 0 Å². The van der Waals surface area contributed by atoms with E-state index in [0.717, 1.165) is 56.5 Å². The van der Waals surface area contributed by atoms with Gasteiger partial charge in [0.2, 0.25) is 0 Å². The van der Waals surface area contributed by atoms with Gasteiger partial charge in [0.05, 0.1) is 13.1 Å². The molecule has 0 radical (unpaired) electrons. The number of unbranched alkanes of at least 4 members (excludes halogenated alkanes) is 1. The van der Waals surface area contributed by atoms with E-state index in [2.05, 4.69) is 37.4 Å². The number of aromatic nitrogens is 7. The highest BCUT2D eigenvalue weighted by atomic mass is 15.5. The summed E-state index contributed by atoms with van der Waals surface area (Å²) >= 11 is 0. The Kier molecular flexibility index (Phi) is 5.00. The van der Waals surface area contributed by atoms with Crippen LogP contribution in [0, 0.1) is 13.8 Å². The molecule has 0 bridgehead atoms. The van der Waals surface area contributed by atoms with Gasteiger partial charge in [-0.25, -0.2) is 14.3 Å². The minimum Gasteiger partial charge on any atom is -0.291 e. The van der Waals surface area contributed by atoms with E-state index in [0.29, 0.717) is 6.04 Å². The van der Waals surface area contributed by atoms with Gasteiger partial charge >= 0.3 is 0 Å². The summed E-state index contributed by atoms with van der Waals surface area (Å²) in [5, 5.41) is 16.7. The maximum absolute atomic E-state index is 4.50. The molecule has 0 aliphatic carbocycles. The van der Waals surface area contributed by atoms with Gasteiger partial charge in [-0.2, -0.15) is 5.10 Å². The molecule has 0 saturated carbocycles. The van der Waals surface area contributed by atoms with Crippen LogP contribution in [0.25, 0.3) is 0 Å². The van der Waals surface area contributed by atoms with E-state index in [1.54, 1.807) is 0 Å². The third-order valence-corrected chi connectivity index (χ3v) is 4.52. The molecule has 2 aromatic rings. The highest BCUT2D eigenvalue weighted by molar-refractivity contribution is 4.91. The smallest absolute Gasteiger partial charge is 0.165 e.